The topological polar surface area (TPSA) is 80.9 Å². The summed E-state index contributed by atoms with van der Waals surface area (Å²) in [6.45, 7) is 1.83. The fraction of sp³-hybridized carbons (Fsp3) is 0.0667. The van der Waals surface area contributed by atoms with E-state index < -0.39 is 5.97 Å². The van der Waals surface area contributed by atoms with E-state index in [0.29, 0.717) is 5.82 Å². The van der Waals surface area contributed by atoms with E-state index in [1.807, 2.05) is 37.3 Å². The molecule has 2 aromatic carbocycles. The lowest BCUT2D eigenvalue weighted by molar-refractivity contribution is 0.0697. The number of aromatic nitrogens is 4. The lowest BCUT2D eigenvalue weighted by atomic mass is 10.1. The van der Waals surface area contributed by atoms with Gasteiger partial charge in [0.25, 0.3) is 0 Å². The molecule has 1 N–H and O–H groups in total. The average molecular weight is 280 g/mol. The second-order valence-electron chi connectivity index (χ2n) is 4.59. The van der Waals surface area contributed by atoms with Gasteiger partial charge in [-0.2, -0.15) is 4.68 Å². The van der Waals surface area contributed by atoms with Crippen LogP contribution in [0.4, 0.5) is 0 Å². The molecule has 0 bridgehead atoms. The van der Waals surface area contributed by atoms with Gasteiger partial charge in [0.15, 0.2) is 5.82 Å². The van der Waals surface area contributed by atoms with Gasteiger partial charge in [0, 0.05) is 5.56 Å². The summed E-state index contributed by atoms with van der Waals surface area (Å²) in [5.74, 6) is -0.341. The summed E-state index contributed by atoms with van der Waals surface area (Å²) in [6, 6.07) is 14.4. The molecular formula is C15H12N4O2. The van der Waals surface area contributed by atoms with Crippen molar-refractivity contribution >= 4 is 5.97 Å². The van der Waals surface area contributed by atoms with Gasteiger partial charge < -0.3 is 5.11 Å². The molecule has 3 rings (SSSR count). The SMILES string of the molecule is Cc1cc(C(=O)O)ccc1-n1nnnc1-c1ccccc1. The van der Waals surface area contributed by atoms with Gasteiger partial charge in [-0.25, -0.2) is 4.79 Å². The van der Waals surface area contributed by atoms with Gasteiger partial charge >= 0.3 is 5.97 Å². The molecule has 6 nitrogen and oxygen atoms in total. The average Bonchev–Trinajstić information content (AvgIpc) is 2.97. The zero-order valence-corrected chi connectivity index (χ0v) is 11.3. The highest BCUT2D eigenvalue weighted by molar-refractivity contribution is 5.88. The molecule has 6 heteroatoms. The molecule has 1 heterocycles. The maximum Gasteiger partial charge on any atom is 0.335 e. The first kappa shape index (κ1) is 13.0. The Hall–Kier alpha value is -3.02. The molecule has 0 aliphatic carbocycles. The predicted molar refractivity (Wildman–Crippen MR) is 76.3 cm³/mol. The van der Waals surface area contributed by atoms with Crippen LogP contribution in [0, 0.1) is 6.92 Å². The van der Waals surface area contributed by atoms with Crippen LogP contribution in [0.1, 0.15) is 15.9 Å². The van der Waals surface area contributed by atoms with Crippen LogP contribution in [-0.2, 0) is 0 Å². The third-order valence-corrected chi connectivity index (χ3v) is 3.17. The molecule has 0 amide bonds. The number of hydrogen-bond acceptors (Lipinski definition) is 4. The van der Waals surface area contributed by atoms with Crippen molar-refractivity contribution in [3.05, 3.63) is 59.7 Å². The lowest BCUT2D eigenvalue weighted by Gasteiger charge is -2.08. The van der Waals surface area contributed by atoms with Gasteiger partial charge in [0.1, 0.15) is 0 Å². The van der Waals surface area contributed by atoms with Gasteiger partial charge in [-0.05, 0) is 41.1 Å². The molecule has 0 atom stereocenters. The van der Waals surface area contributed by atoms with Crippen molar-refractivity contribution in [3.63, 3.8) is 0 Å². The number of carbonyl (C=O) groups is 1. The number of benzene rings is 2. The Morgan fingerprint density at radius 3 is 2.57 bits per heavy atom. The van der Waals surface area contributed by atoms with E-state index in [1.54, 1.807) is 22.9 Å². The number of aryl methyl sites for hydroxylation is 1. The van der Waals surface area contributed by atoms with Gasteiger partial charge in [0.05, 0.1) is 11.3 Å². The summed E-state index contributed by atoms with van der Waals surface area (Å²) in [7, 11) is 0. The van der Waals surface area contributed by atoms with Crippen LogP contribution in [0.25, 0.3) is 17.1 Å². The second kappa shape index (κ2) is 5.16. The van der Waals surface area contributed by atoms with E-state index in [4.69, 9.17) is 5.11 Å². The highest BCUT2D eigenvalue weighted by Crippen LogP contribution is 2.21. The number of aromatic carboxylic acids is 1. The molecule has 0 fully saturated rings. The summed E-state index contributed by atoms with van der Waals surface area (Å²) < 4.78 is 1.61. The minimum atomic E-state index is -0.954. The maximum absolute atomic E-state index is 11.0. The molecule has 1 aromatic heterocycles. The van der Waals surface area contributed by atoms with E-state index in [-0.39, 0.29) is 5.56 Å². The van der Waals surface area contributed by atoms with Gasteiger partial charge in [-0.1, -0.05) is 30.3 Å². The van der Waals surface area contributed by atoms with Gasteiger partial charge in [-0.3, -0.25) is 0 Å². The third-order valence-electron chi connectivity index (χ3n) is 3.17. The minimum Gasteiger partial charge on any atom is -0.478 e. The number of rotatable bonds is 3. The summed E-state index contributed by atoms with van der Waals surface area (Å²) in [5.41, 5.74) is 2.68. The van der Waals surface area contributed by atoms with Crippen molar-refractivity contribution < 1.29 is 9.90 Å². The van der Waals surface area contributed by atoms with E-state index in [0.717, 1.165) is 16.8 Å². The standard InChI is InChI=1S/C15H12N4O2/c1-10-9-12(15(20)21)7-8-13(10)19-14(16-17-18-19)11-5-3-2-4-6-11/h2-9H,1H3,(H,20,21). The van der Waals surface area contributed by atoms with E-state index >= 15 is 0 Å². The Labute approximate surface area is 120 Å². The fourth-order valence-corrected chi connectivity index (χ4v) is 2.14. The summed E-state index contributed by atoms with van der Waals surface area (Å²) in [5, 5.41) is 20.8. The Morgan fingerprint density at radius 1 is 1.14 bits per heavy atom. The van der Waals surface area contributed by atoms with Crippen molar-refractivity contribution in [2.75, 3.05) is 0 Å². The molecule has 0 saturated carbocycles. The summed E-state index contributed by atoms with van der Waals surface area (Å²) >= 11 is 0. The van der Waals surface area contributed by atoms with E-state index in [9.17, 15) is 4.79 Å². The molecule has 0 spiro atoms. The number of carboxylic acid groups (broad SMARTS) is 1. The number of nitrogens with zero attached hydrogens (tertiary/aromatic N) is 4. The maximum atomic E-state index is 11.0. The zero-order chi connectivity index (χ0) is 14.8. The monoisotopic (exact) mass is 280 g/mol. The molecule has 104 valence electrons. The molecule has 0 saturated heterocycles. The van der Waals surface area contributed by atoms with Crippen LogP contribution in [-0.4, -0.2) is 31.3 Å². The number of carboxylic acids is 1. The first-order valence-electron chi connectivity index (χ1n) is 6.35. The molecule has 0 unspecified atom stereocenters. The quantitative estimate of drug-likeness (QED) is 0.796. The second-order valence-corrected chi connectivity index (χ2v) is 4.59. The van der Waals surface area contributed by atoms with Crippen molar-refractivity contribution in [1.82, 2.24) is 20.2 Å². The molecule has 3 aromatic rings. The number of hydrogen-bond donors (Lipinski definition) is 1. The summed E-state index contributed by atoms with van der Waals surface area (Å²) in [4.78, 5) is 11.0. The first-order valence-corrected chi connectivity index (χ1v) is 6.35. The zero-order valence-electron chi connectivity index (χ0n) is 11.3. The van der Waals surface area contributed by atoms with Crippen molar-refractivity contribution in [3.8, 4) is 17.1 Å². The molecule has 0 aliphatic heterocycles. The Kier molecular flexibility index (Phi) is 3.19. The van der Waals surface area contributed by atoms with E-state index in [1.165, 1.54) is 0 Å². The van der Waals surface area contributed by atoms with Crippen LogP contribution in [0.2, 0.25) is 0 Å². The first-order chi connectivity index (χ1) is 10.2. The lowest BCUT2D eigenvalue weighted by Crippen LogP contribution is -2.04. The largest absolute Gasteiger partial charge is 0.478 e. The smallest absolute Gasteiger partial charge is 0.335 e. The van der Waals surface area contributed by atoms with Crippen LogP contribution in [0.15, 0.2) is 48.5 Å². The van der Waals surface area contributed by atoms with Crippen molar-refractivity contribution in [1.29, 1.82) is 0 Å². The van der Waals surface area contributed by atoms with Gasteiger partial charge in [-0.15, -0.1) is 5.10 Å². The van der Waals surface area contributed by atoms with Crippen LogP contribution in [0.3, 0.4) is 0 Å². The van der Waals surface area contributed by atoms with E-state index in [2.05, 4.69) is 15.5 Å². The molecule has 0 aliphatic rings. The normalized spacial score (nSPS) is 10.5. The van der Waals surface area contributed by atoms with Crippen molar-refractivity contribution in [2.45, 2.75) is 6.92 Å². The third kappa shape index (κ3) is 2.38. The fourth-order valence-electron chi connectivity index (χ4n) is 2.14. The Morgan fingerprint density at radius 2 is 1.90 bits per heavy atom. The molecular weight excluding hydrogens is 268 g/mol. The highest BCUT2D eigenvalue weighted by atomic mass is 16.4. The predicted octanol–water partition coefficient (Wildman–Crippen LogP) is 2.34. The summed E-state index contributed by atoms with van der Waals surface area (Å²) in [6.07, 6.45) is 0. The van der Waals surface area contributed by atoms with Crippen LogP contribution >= 0.6 is 0 Å². The van der Waals surface area contributed by atoms with Crippen molar-refractivity contribution in [2.24, 2.45) is 0 Å². The minimum absolute atomic E-state index is 0.241. The molecule has 21 heavy (non-hydrogen) atoms. The highest BCUT2D eigenvalue weighted by Gasteiger charge is 2.13. The van der Waals surface area contributed by atoms with Crippen LogP contribution < -0.4 is 0 Å². The van der Waals surface area contributed by atoms with Crippen LogP contribution in [0.5, 0.6) is 0 Å². The Bertz CT molecular complexity index is 796. The number of tetrazole rings is 1. The van der Waals surface area contributed by atoms with Gasteiger partial charge in [0.2, 0.25) is 0 Å². The Balaban J connectivity index is 2.11. The molecule has 0 radical (unpaired) electrons.